The lowest BCUT2D eigenvalue weighted by molar-refractivity contribution is -0.0466. The van der Waals surface area contributed by atoms with E-state index in [-0.39, 0.29) is 0 Å². The summed E-state index contributed by atoms with van der Waals surface area (Å²) in [5, 5.41) is 20.7. The number of nitrogens with one attached hydrogen (secondary N) is 1. The van der Waals surface area contributed by atoms with Gasteiger partial charge in [0.15, 0.2) is 6.29 Å². The van der Waals surface area contributed by atoms with Gasteiger partial charge in [0.1, 0.15) is 0 Å². The molecule has 0 rings (SSSR count). The van der Waals surface area contributed by atoms with Crippen LogP contribution >= 0.6 is 0 Å². The van der Waals surface area contributed by atoms with E-state index in [2.05, 4.69) is 12.2 Å². The molecule has 0 aromatic heterocycles. The summed E-state index contributed by atoms with van der Waals surface area (Å²) >= 11 is 0. The molecule has 0 amide bonds. The van der Waals surface area contributed by atoms with Gasteiger partial charge in [-0.1, -0.05) is 51.9 Å². The summed E-state index contributed by atoms with van der Waals surface area (Å²) in [6.07, 6.45) is 10.8. The summed E-state index contributed by atoms with van der Waals surface area (Å²) in [6, 6.07) is 0. The van der Waals surface area contributed by atoms with Crippen LogP contribution in [0.4, 0.5) is 0 Å². The first-order valence-electron chi connectivity index (χ1n) is 7.34. The van der Waals surface area contributed by atoms with E-state index in [1.54, 1.807) is 0 Å². The zero-order valence-electron chi connectivity index (χ0n) is 11.5. The Labute approximate surface area is 107 Å². The van der Waals surface area contributed by atoms with Crippen LogP contribution in [0.25, 0.3) is 0 Å². The van der Waals surface area contributed by atoms with Crippen molar-refractivity contribution in [3.8, 4) is 0 Å². The van der Waals surface area contributed by atoms with Crippen molar-refractivity contribution in [3.05, 3.63) is 0 Å². The zero-order chi connectivity index (χ0) is 12.8. The van der Waals surface area contributed by atoms with Crippen molar-refractivity contribution in [3.63, 3.8) is 0 Å². The SMILES string of the molecule is CCNCCCCCCCCCCCC(O)O. The van der Waals surface area contributed by atoms with E-state index < -0.39 is 6.29 Å². The number of aliphatic hydroxyl groups is 2. The molecule has 0 aromatic carbocycles. The van der Waals surface area contributed by atoms with E-state index >= 15 is 0 Å². The van der Waals surface area contributed by atoms with Crippen LogP contribution < -0.4 is 5.32 Å². The average Bonchev–Trinajstić information content (AvgIpc) is 2.30. The Morgan fingerprint density at radius 2 is 1.24 bits per heavy atom. The van der Waals surface area contributed by atoms with Gasteiger partial charge >= 0.3 is 0 Å². The van der Waals surface area contributed by atoms with Gasteiger partial charge in [-0.2, -0.15) is 0 Å². The van der Waals surface area contributed by atoms with Crippen LogP contribution in [0.5, 0.6) is 0 Å². The molecule has 0 radical (unpaired) electrons. The number of hydrogen-bond donors (Lipinski definition) is 3. The Kier molecular flexibility index (Phi) is 13.8. The third-order valence-corrected chi connectivity index (χ3v) is 3.07. The normalized spacial score (nSPS) is 11.3. The summed E-state index contributed by atoms with van der Waals surface area (Å²) in [7, 11) is 0. The number of unbranched alkanes of at least 4 members (excludes halogenated alkanes) is 8. The van der Waals surface area contributed by atoms with E-state index in [1.165, 1.54) is 51.5 Å². The molecule has 0 aliphatic rings. The summed E-state index contributed by atoms with van der Waals surface area (Å²) in [5.41, 5.74) is 0. The van der Waals surface area contributed by atoms with Crippen LogP contribution in [0.15, 0.2) is 0 Å². The van der Waals surface area contributed by atoms with Gasteiger partial charge in [0.2, 0.25) is 0 Å². The molecule has 3 nitrogen and oxygen atoms in total. The maximum Gasteiger partial charge on any atom is 0.151 e. The van der Waals surface area contributed by atoms with Crippen LogP contribution in [-0.4, -0.2) is 29.6 Å². The maximum atomic E-state index is 8.66. The predicted molar refractivity (Wildman–Crippen MR) is 72.9 cm³/mol. The standard InChI is InChI=1S/C14H31NO2/c1-2-15-13-11-9-7-5-3-4-6-8-10-12-14(16)17/h14-17H,2-13H2,1H3. The summed E-state index contributed by atoms with van der Waals surface area (Å²) in [5.74, 6) is 0. The first-order valence-corrected chi connectivity index (χ1v) is 7.34. The Hall–Kier alpha value is -0.120. The Bertz CT molecular complexity index is 140. The summed E-state index contributed by atoms with van der Waals surface area (Å²) < 4.78 is 0. The van der Waals surface area contributed by atoms with Crippen molar-refractivity contribution in [2.24, 2.45) is 0 Å². The van der Waals surface area contributed by atoms with E-state index in [9.17, 15) is 0 Å². The van der Waals surface area contributed by atoms with Crippen molar-refractivity contribution in [2.45, 2.75) is 77.4 Å². The molecular formula is C14H31NO2. The molecule has 0 heterocycles. The minimum atomic E-state index is -1.10. The Morgan fingerprint density at radius 1 is 0.765 bits per heavy atom. The molecule has 0 saturated heterocycles. The van der Waals surface area contributed by atoms with Gasteiger partial charge in [0.05, 0.1) is 0 Å². The molecule has 0 fully saturated rings. The number of aliphatic hydroxyl groups excluding tert-OH is 1. The molecule has 0 bridgehead atoms. The number of rotatable bonds is 13. The summed E-state index contributed by atoms with van der Waals surface area (Å²) in [6.45, 7) is 4.40. The van der Waals surface area contributed by atoms with Crippen molar-refractivity contribution < 1.29 is 10.2 Å². The molecule has 0 unspecified atom stereocenters. The topological polar surface area (TPSA) is 52.5 Å². The smallest absolute Gasteiger partial charge is 0.151 e. The van der Waals surface area contributed by atoms with Gasteiger partial charge in [0, 0.05) is 0 Å². The molecule has 3 heteroatoms. The molecule has 3 N–H and O–H groups in total. The monoisotopic (exact) mass is 245 g/mol. The minimum absolute atomic E-state index is 0.532. The molecule has 0 atom stereocenters. The van der Waals surface area contributed by atoms with Gasteiger partial charge in [0.25, 0.3) is 0 Å². The minimum Gasteiger partial charge on any atom is -0.368 e. The van der Waals surface area contributed by atoms with Crippen LogP contribution in [0.1, 0.15) is 71.1 Å². The second-order valence-electron chi connectivity index (χ2n) is 4.80. The van der Waals surface area contributed by atoms with Gasteiger partial charge < -0.3 is 15.5 Å². The Morgan fingerprint density at radius 3 is 1.71 bits per heavy atom. The van der Waals surface area contributed by atoms with Crippen molar-refractivity contribution >= 4 is 0 Å². The van der Waals surface area contributed by atoms with E-state index in [4.69, 9.17) is 10.2 Å². The van der Waals surface area contributed by atoms with Gasteiger partial charge in [-0.15, -0.1) is 0 Å². The average molecular weight is 245 g/mol. The molecule has 0 aliphatic carbocycles. The first kappa shape index (κ1) is 16.9. The lowest BCUT2D eigenvalue weighted by Crippen LogP contribution is -2.13. The lowest BCUT2D eigenvalue weighted by Gasteiger charge is -2.04. The highest BCUT2D eigenvalue weighted by atomic mass is 16.5. The largest absolute Gasteiger partial charge is 0.368 e. The molecule has 104 valence electrons. The maximum absolute atomic E-state index is 8.66. The van der Waals surface area contributed by atoms with Crippen LogP contribution in [-0.2, 0) is 0 Å². The summed E-state index contributed by atoms with van der Waals surface area (Å²) in [4.78, 5) is 0. The quantitative estimate of drug-likeness (QED) is 0.345. The third kappa shape index (κ3) is 15.9. The first-order chi connectivity index (χ1) is 8.27. The molecule has 0 saturated carbocycles. The second kappa shape index (κ2) is 13.9. The highest BCUT2D eigenvalue weighted by molar-refractivity contribution is 4.50. The molecule has 0 aromatic rings. The van der Waals surface area contributed by atoms with Crippen LogP contribution in [0, 0.1) is 0 Å². The van der Waals surface area contributed by atoms with Crippen molar-refractivity contribution in [1.29, 1.82) is 0 Å². The molecular weight excluding hydrogens is 214 g/mol. The fourth-order valence-corrected chi connectivity index (χ4v) is 1.99. The molecule has 0 aliphatic heterocycles. The van der Waals surface area contributed by atoms with E-state index in [1.807, 2.05) is 0 Å². The van der Waals surface area contributed by atoms with Crippen LogP contribution in [0.3, 0.4) is 0 Å². The fourth-order valence-electron chi connectivity index (χ4n) is 1.99. The van der Waals surface area contributed by atoms with Gasteiger partial charge in [-0.25, -0.2) is 0 Å². The van der Waals surface area contributed by atoms with E-state index in [0.717, 1.165) is 19.4 Å². The van der Waals surface area contributed by atoms with Crippen molar-refractivity contribution in [1.82, 2.24) is 5.32 Å². The third-order valence-electron chi connectivity index (χ3n) is 3.07. The molecule has 0 spiro atoms. The van der Waals surface area contributed by atoms with Gasteiger partial charge in [-0.3, -0.25) is 0 Å². The molecule has 17 heavy (non-hydrogen) atoms. The van der Waals surface area contributed by atoms with E-state index in [0.29, 0.717) is 6.42 Å². The highest BCUT2D eigenvalue weighted by Crippen LogP contribution is 2.10. The fraction of sp³-hybridized carbons (Fsp3) is 1.00. The zero-order valence-corrected chi connectivity index (χ0v) is 11.5. The predicted octanol–water partition coefficient (Wildman–Crippen LogP) is 2.81. The second-order valence-corrected chi connectivity index (χ2v) is 4.80. The lowest BCUT2D eigenvalue weighted by atomic mass is 10.1. The van der Waals surface area contributed by atoms with Crippen molar-refractivity contribution in [2.75, 3.05) is 13.1 Å². The van der Waals surface area contributed by atoms with Crippen LogP contribution in [0.2, 0.25) is 0 Å². The highest BCUT2D eigenvalue weighted by Gasteiger charge is 1.97. The Balaban J connectivity index is 2.89. The number of hydrogen-bond acceptors (Lipinski definition) is 3. The van der Waals surface area contributed by atoms with Gasteiger partial charge in [-0.05, 0) is 32.4 Å².